The number of hydrogen-bond donors (Lipinski definition) is 2. The Morgan fingerprint density at radius 2 is 2.00 bits per heavy atom. The van der Waals surface area contributed by atoms with Crippen LogP contribution in [0.2, 0.25) is 0 Å². The van der Waals surface area contributed by atoms with Crippen LogP contribution >= 0.6 is 0 Å². The van der Waals surface area contributed by atoms with Gasteiger partial charge in [-0.15, -0.1) is 0 Å². The summed E-state index contributed by atoms with van der Waals surface area (Å²) < 4.78 is 0. The van der Waals surface area contributed by atoms with E-state index < -0.39 is 0 Å². The minimum Gasteiger partial charge on any atom is -0.396 e. The molecule has 4 nitrogen and oxygen atoms in total. The molecule has 1 atom stereocenters. The zero-order valence-electron chi connectivity index (χ0n) is 10.5. The van der Waals surface area contributed by atoms with Crippen LogP contribution in [0.3, 0.4) is 0 Å². The molecule has 1 aromatic heterocycles. The predicted octanol–water partition coefficient (Wildman–Crippen LogP) is 1.94. The van der Waals surface area contributed by atoms with Gasteiger partial charge in [-0.3, -0.25) is 9.78 Å². The zero-order valence-corrected chi connectivity index (χ0v) is 10.5. The lowest BCUT2D eigenvalue weighted by molar-refractivity contribution is 0.0929. The van der Waals surface area contributed by atoms with Crippen LogP contribution in [0.1, 0.15) is 28.4 Å². The molecule has 0 saturated heterocycles. The van der Waals surface area contributed by atoms with E-state index >= 15 is 0 Å². The van der Waals surface area contributed by atoms with Gasteiger partial charge in [0, 0.05) is 19.0 Å². The van der Waals surface area contributed by atoms with Crippen LogP contribution in [0.5, 0.6) is 0 Å². The number of aliphatic hydroxyl groups excluding tert-OH is 1. The van der Waals surface area contributed by atoms with Gasteiger partial charge in [0.2, 0.25) is 0 Å². The molecule has 2 rings (SSSR count). The summed E-state index contributed by atoms with van der Waals surface area (Å²) >= 11 is 0. The van der Waals surface area contributed by atoms with Gasteiger partial charge in [-0.2, -0.15) is 0 Å². The molecule has 0 aliphatic rings. The van der Waals surface area contributed by atoms with Gasteiger partial charge in [-0.05, 0) is 24.1 Å². The molecule has 1 amide bonds. The molecule has 0 radical (unpaired) electrons. The maximum absolute atomic E-state index is 12.1. The topological polar surface area (TPSA) is 62.2 Å². The molecule has 4 heteroatoms. The summed E-state index contributed by atoms with van der Waals surface area (Å²) in [6.45, 7) is 0.0207. The standard InChI is InChI=1S/C15H16N2O2/c18-10-8-14(12-5-2-1-3-6-12)17-15(19)13-7-4-9-16-11-13/h1-7,9,11,14,18H,8,10H2,(H,17,19). The van der Waals surface area contributed by atoms with Gasteiger partial charge in [0.05, 0.1) is 11.6 Å². The number of amides is 1. The zero-order chi connectivity index (χ0) is 13.5. The van der Waals surface area contributed by atoms with Gasteiger partial charge in [0.1, 0.15) is 0 Å². The van der Waals surface area contributed by atoms with Gasteiger partial charge >= 0.3 is 0 Å². The average molecular weight is 256 g/mol. The first-order chi connectivity index (χ1) is 9.31. The fourth-order valence-corrected chi connectivity index (χ4v) is 1.88. The summed E-state index contributed by atoms with van der Waals surface area (Å²) in [4.78, 5) is 16.0. The van der Waals surface area contributed by atoms with E-state index in [2.05, 4.69) is 10.3 Å². The fraction of sp³-hybridized carbons (Fsp3) is 0.200. The van der Waals surface area contributed by atoms with E-state index in [0.717, 1.165) is 5.56 Å². The third-order valence-electron chi connectivity index (χ3n) is 2.85. The second-order valence-electron chi connectivity index (χ2n) is 4.19. The van der Waals surface area contributed by atoms with E-state index in [0.29, 0.717) is 12.0 Å². The fourth-order valence-electron chi connectivity index (χ4n) is 1.88. The summed E-state index contributed by atoms with van der Waals surface area (Å²) in [5.41, 5.74) is 1.50. The summed E-state index contributed by atoms with van der Waals surface area (Å²) in [6, 6.07) is 12.9. The van der Waals surface area contributed by atoms with Crippen LogP contribution in [-0.2, 0) is 0 Å². The normalized spacial score (nSPS) is 11.8. The Morgan fingerprint density at radius 1 is 1.21 bits per heavy atom. The number of pyridine rings is 1. The van der Waals surface area contributed by atoms with Crippen LogP contribution in [0.4, 0.5) is 0 Å². The van der Waals surface area contributed by atoms with Gasteiger partial charge in [-0.25, -0.2) is 0 Å². The van der Waals surface area contributed by atoms with Crippen molar-refractivity contribution >= 4 is 5.91 Å². The Kier molecular flexibility index (Phi) is 4.64. The molecular formula is C15H16N2O2. The molecule has 19 heavy (non-hydrogen) atoms. The Bertz CT molecular complexity index is 514. The molecule has 1 unspecified atom stereocenters. The number of aromatic nitrogens is 1. The highest BCUT2D eigenvalue weighted by atomic mass is 16.3. The van der Waals surface area contributed by atoms with Crippen molar-refractivity contribution in [3.05, 3.63) is 66.0 Å². The van der Waals surface area contributed by atoms with E-state index in [1.165, 1.54) is 6.20 Å². The predicted molar refractivity (Wildman–Crippen MR) is 72.6 cm³/mol. The highest BCUT2D eigenvalue weighted by molar-refractivity contribution is 5.94. The molecule has 0 fully saturated rings. The third kappa shape index (κ3) is 3.63. The van der Waals surface area contributed by atoms with E-state index in [1.54, 1.807) is 18.3 Å². The number of nitrogens with one attached hydrogen (secondary N) is 1. The van der Waals surface area contributed by atoms with Crippen LogP contribution in [-0.4, -0.2) is 22.6 Å². The summed E-state index contributed by atoms with van der Waals surface area (Å²) in [6.07, 6.45) is 3.63. The van der Waals surface area contributed by atoms with Crippen molar-refractivity contribution in [1.29, 1.82) is 0 Å². The van der Waals surface area contributed by atoms with Gasteiger partial charge < -0.3 is 10.4 Å². The molecule has 2 aromatic rings. The van der Waals surface area contributed by atoms with Crippen molar-refractivity contribution < 1.29 is 9.90 Å². The quantitative estimate of drug-likeness (QED) is 0.859. The van der Waals surface area contributed by atoms with Crippen molar-refractivity contribution in [2.24, 2.45) is 0 Å². The van der Waals surface area contributed by atoms with E-state index in [-0.39, 0.29) is 18.6 Å². The maximum Gasteiger partial charge on any atom is 0.253 e. The number of nitrogens with zero attached hydrogens (tertiary/aromatic N) is 1. The Morgan fingerprint density at radius 3 is 2.63 bits per heavy atom. The van der Waals surface area contributed by atoms with Crippen LogP contribution in [0.15, 0.2) is 54.9 Å². The molecule has 0 saturated carbocycles. The highest BCUT2D eigenvalue weighted by Crippen LogP contribution is 2.16. The Labute approximate surface area is 112 Å². The number of carbonyl (C=O) groups excluding carboxylic acids is 1. The van der Waals surface area contributed by atoms with Gasteiger partial charge in [0.25, 0.3) is 5.91 Å². The van der Waals surface area contributed by atoms with Crippen molar-refractivity contribution in [3.63, 3.8) is 0 Å². The number of hydrogen-bond acceptors (Lipinski definition) is 3. The van der Waals surface area contributed by atoms with Crippen molar-refractivity contribution in [2.45, 2.75) is 12.5 Å². The molecule has 0 spiro atoms. The second-order valence-corrected chi connectivity index (χ2v) is 4.19. The summed E-state index contributed by atoms with van der Waals surface area (Å²) in [5.74, 6) is -0.185. The lowest BCUT2D eigenvalue weighted by Crippen LogP contribution is -2.29. The number of benzene rings is 1. The first-order valence-electron chi connectivity index (χ1n) is 6.18. The van der Waals surface area contributed by atoms with Crippen molar-refractivity contribution in [3.8, 4) is 0 Å². The van der Waals surface area contributed by atoms with Crippen LogP contribution < -0.4 is 5.32 Å². The largest absolute Gasteiger partial charge is 0.396 e. The number of rotatable bonds is 5. The smallest absolute Gasteiger partial charge is 0.253 e. The first-order valence-corrected chi connectivity index (χ1v) is 6.18. The number of carbonyl (C=O) groups is 1. The molecule has 98 valence electrons. The lowest BCUT2D eigenvalue weighted by atomic mass is 10.0. The summed E-state index contributed by atoms with van der Waals surface area (Å²) in [7, 11) is 0. The van der Waals surface area contributed by atoms with E-state index in [4.69, 9.17) is 5.11 Å². The van der Waals surface area contributed by atoms with Gasteiger partial charge in [-0.1, -0.05) is 30.3 Å². The first kappa shape index (κ1) is 13.2. The highest BCUT2D eigenvalue weighted by Gasteiger charge is 2.14. The molecule has 1 aromatic carbocycles. The molecular weight excluding hydrogens is 240 g/mol. The monoisotopic (exact) mass is 256 g/mol. The van der Waals surface area contributed by atoms with E-state index in [9.17, 15) is 4.79 Å². The minimum absolute atomic E-state index is 0.0207. The minimum atomic E-state index is -0.195. The van der Waals surface area contributed by atoms with Crippen molar-refractivity contribution in [1.82, 2.24) is 10.3 Å². The lowest BCUT2D eigenvalue weighted by Gasteiger charge is -2.18. The second kappa shape index (κ2) is 6.66. The SMILES string of the molecule is O=C(NC(CCO)c1ccccc1)c1cccnc1. The van der Waals surface area contributed by atoms with E-state index in [1.807, 2.05) is 30.3 Å². The molecule has 0 aliphatic heterocycles. The van der Waals surface area contributed by atoms with Gasteiger partial charge in [0.15, 0.2) is 0 Å². The maximum atomic E-state index is 12.1. The molecule has 1 heterocycles. The average Bonchev–Trinajstić information content (AvgIpc) is 2.48. The Hall–Kier alpha value is -2.20. The van der Waals surface area contributed by atoms with Crippen LogP contribution in [0.25, 0.3) is 0 Å². The van der Waals surface area contributed by atoms with Crippen LogP contribution in [0, 0.1) is 0 Å². The number of aliphatic hydroxyl groups is 1. The van der Waals surface area contributed by atoms with Crippen molar-refractivity contribution in [2.75, 3.05) is 6.61 Å². The molecule has 0 aliphatic carbocycles. The Balaban J connectivity index is 2.11. The summed E-state index contributed by atoms with van der Waals surface area (Å²) in [5, 5.41) is 12.0. The molecule has 0 bridgehead atoms. The molecule has 2 N–H and O–H groups in total. The third-order valence-corrected chi connectivity index (χ3v) is 2.85.